The predicted molar refractivity (Wildman–Crippen MR) is 83.5 cm³/mol. The standard InChI is InChI=1S/C15H13FN2O3S/c16-11-4-6-14(7-5-11)22-9-8-15(19)17-12-2-1-3-13(10-12)18(20)21/h1-7,10H,8-9H2,(H,17,19). The summed E-state index contributed by atoms with van der Waals surface area (Å²) in [6.07, 6.45) is 0.255. The van der Waals surface area contributed by atoms with E-state index in [2.05, 4.69) is 5.32 Å². The van der Waals surface area contributed by atoms with Crippen LogP contribution in [-0.4, -0.2) is 16.6 Å². The quantitative estimate of drug-likeness (QED) is 0.498. The Hall–Kier alpha value is -2.41. The number of hydrogen-bond acceptors (Lipinski definition) is 4. The first-order chi connectivity index (χ1) is 10.5. The number of halogens is 1. The Bertz CT molecular complexity index is 677. The average molecular weight is 320 g/mol. The van der Waals surface area contributed by atoms with Gasteiger partial charge >= 0.3 is 0 Å². The number of nitro benzene ring substituents is 1. The molecule has 0 fully saturated rings. The molecule has 0 radical (unpaired) electrons. The van der Waals surface area contributed by atoms with Crippen LogP contribution in [0.15, 0.2) is 53.4 Å². The number of amides is 1. The molecule has 1 N–H and O–H groups in total. The van der Waals surface area contributed by atoms with Gasteiger partial charge in [-0.25, -0.2) is 4.39 Å². The van der Waals surface area contributed by atoms with Gasteiger partial charge < -0.3 is 5.32 Å². The molecule has 22 heavy (non-hydrogen) atoms. The van der Waals surface area contributed by atoms with Gasteiger partial charge in [-0.3, -0.25) is 14.9 Å². The van der Waals surface area contributed by atoms with E-state index in [1.807, 2.05) is 0 Å². The Labute approximate surface area is 130 Å². The topological polar surface area (TPSA) is 72.2 Å². The van der Waals surface area contributed by atoms with E-state index in [0.29, 0.717) is 11.4 Å². The van der Waals surface area contributed by atoms with Gasteiger partial charge in [-0.15, -0.1) is 11.8 Å². The number of benzene rings is 2. The molecule has 0 aromatic heterocycles. The van der Waals surface area contributed by atoms with Crippen LogP contribution in [-0.2, 0) is 4.79 Å². The van der Waals surface area contributed by atoms with E-state index in [1.165, 1.54) is 42.1 Å². The Morgan fingerprint density at radius 1 is 1.23 bits per heavy atom. The van der Waals surface area contributed by atoms with Gasteiger partial charge in [0, 0.05) is 34.9 Å². The lowest BCUT2D eigenvalue weighted by molar-refractivity contribution is -0.384. The first-order valence-electron chi connectivity index (χ1n) is 6.47. The molecular formula is C15H13FN2O3S. The van der Waals surface area contributed by atoms with Crippen LogP contribution in [0.5, 0.6) is 0 Å². The van der Waals surface area contributed by atoms with E-state index in [9.17, 15) is 19.3 Å². The van der Waals surface area contributed by atoms with Gasteiger partial charge in [0.15, 0.2) is 0 Å². The predicted octanol–water partition coefficient (Wildman–Crippen LogP) is 3.85. The summed E-state index contributed by atoms with van der Waals surface area (Å²) >= 11 is 1.44. The molecule has 114 valence electrons. The van der Waals surface area contributed by atoms with Crippen molar-refractivity contribution in [2.45, 2.75) is 11.3 Å². The lowest BCUT2D eigenvalue weighted by Gasteiger charge is -2.05. The molecule has 1 amide bonds. The molecule has 0 saturated carbocycles. The molecule has 0 bridgehead atoms. The molecule has 0 aliphatic rings. The van der Waals surface area contributed by atoms with Gasteiger partial charge in [-0.2, -0.15) is 0 Å². The van der Waals surface area contributed by atoms with Crippen LogP contribution >= 0.6 is 11.8 Å². The van der Waals surface area contributed by atoms with Crippen LogP contribution in [0.3, 0.4) is 0 Å². The Kier molecular flexibility index (Phi) is 5.48. The van der Waals surface area contributed by atoms with Crippen molar-refractivity contribution in [1.82, 2.24) is 0 Å². The zero-order chi connectivity index (χ0) is 15.9. The molecular weight excluding hydrogens is 307 g/mol. The van der Waals surface area contributed by atoms with Gasteiger partial charge in [0.2, 0.25) is 5.91 Å². The number of carbonyl (C=O) groups is 1. The Morgan fingerprint density at radius 2 is 1.95 bits per heavy atom. The summed E-state index contributed by atoms with van der Waals surface area (Å²) in [5.74, 6) is 0.00900. The smallest absolute Gasteiger partial charge is 0.271 e. The third-order valence-corrected chi connectivity index (χ3v) is 3.77. The maximum absolute atomic E-state index is 12.7. The maximum atomic E-state index is 12.7. The number of hydrogen-bond donors (Lipinski definition) is 1. The molecule has 0 atom stereocenters. The van der Waals surface area contributed by atoms with E-state index in [0.717, 1.165) is 4.90 Å². The number of nitrogens with one attached hydrogen (secondary N) is 1. The molecule has 0 heterocycles. The summed E-state index contributed by atoms with van der Waals surface area (Å²) in [6.45, 7) is 0. The summed E-state index contributed by atoms with van der Waals surface area (Å²) in [7, 11) is 0. The zero-order valence-corrected chi connectivity index (χ0v) is 12.3. The summed E-state index contributed by atoms with van der Waals surface area (Å²) in [4.78, 5) is 22.8. The highest BCUT2D eigenvalue weighted by Crippen LogP contribution is 2.20. The number of anilines is 1. The molecule has 2 aromatic rings. The molecule has 7 heteroatoms. The van der Waals surface area contributed by atoms with Crippen molar-refractivity contribution in [3.63, 3.8) is 0 Å². The normalized spacial score (nSPS) is 10.2. The minimum absolute atomic E-state index is 0.0708. The summed E-state index contributed by atoms with van der Waals surface area (Å²) in [5.41, 5.74) is 0.324. The molecule has 2 rings (SSSR count). The van der Waals surface area contributed by atoms with E-state index in [-0.39, 0.29) is 23.8 Å². The highest BCUT2D eigenvalue weighted by molar-refractivity contribution is 7.99. The summed E-state index contributed by atoms with van der Waals surface area (Å²) in [6, 6.07) is 11.8. The van der Waals surface area contributed by atoms with Gasteiger partial charge in [0.25, 0.3) is 5.69 Å². The number of non-ortho nitro benzene ring substituents is 1. The first-order valence-corrected chi connectivity index (χ1v) is 7.46. The minimum atomic E-state index is -0.514. The van der Waals surface area contributed by atoms with Crippen LogP contribution in [0.25, 0.3) is 0 Å². The number of nitro groups is 1. The average Bonchev–Trinajstić information content (AvgIpc) is 2.49. The van der Waals surface area contributed by atoms with Crippen molar-refractivity contribution in [3.8, 4) is 0 Å². The van der Waals surface area contributed by atoms with Crippen LogP contribution < -0.4 is 5.32 Å². The SMILES string of the molecule is O=C(CCSc1ccc(F)cc1)Nc1cccc([N+](=O)[O-])c1. The van der Waals surface area contributed by atoms with Crippen molar-refractivity contribution in [2.24, 2.45) is 0 Å². The van der Waals surface area contributed by atoms with Crippen LogP contribution in [0.4, 0.5) is 15.8 Å². The van der Waals surface area contributed by atoms with Gasteiger partial charge in [0.1, 0.15) is 5.82 Å². The van der Waals surface area contributed by atoms with Crippen molar-refractivity contribution < 1.29 is 14.1 Å². The van der Waals surface area contributed by atoms with Crippen LogP contribution in [0, 0.1) is 15.9 Å². The van der Waals surface area contributed by atoms with E-state index >= 15 is 0 Å². The minimum Gasteiger partial charge on any atom is -0.326 e. The van der Waals surface area contributed by atoms with E-state index in [1.54, 1.807) is 18.2 Å². The fourth-order valence-electron chi connectivity index (χ4n) is 1.71. The first kappa shape index (κ1) is 16.0. The molecule has 2 aromatic carbocycles. The Morgan fingerprint density at radius 3 is 2.64 bits per heavy atom. The molecule has 0 unspecified atom stereocenters. The second-order valence-corrected chi connectivity index (χ2v) is 5.58. The number of nitrogens with zero attached hydrogens (tertiary/aromatic N) is 1. The van der Waals surface area contributed by atoms with Crippen molar-refractivity contribution in [3.05, 3.63) is 64.5 Å². The van der Waals surface area contributed by atoms with Crippen molar-refractivity contribution in [2.75, 3.05) is 11.1 Å². The number of carbonyl (C=O) groups excluding carboxylic acids is 1. The van der Waals surface area contributed by atoms with E-state index in [4.69, 9.17) is 0 Å². The molecule has 0 spiro atoms. The maximum Gasteiger partial charge on any atom is 0.271 e. The van der Waals surface area contributed by atoms with Crippen LogP contribution in [0.2, 0.25) is 0 Å². The van der Waals surface area contributed by atoms with Gasteiger partial charge in [-0.1, -0.05) is 6.07 Å². The van der Waals surface area contributed by atoms with Crippen molar-refractivity contribution >= 4 is 29.0 Å². The third kappa shape index (κ3) is 4.85. The largest absolute Gasteiger partial charge is 0.326 e. The van der Waals surface area contributed by atoms with Crippen LogP contribution in [0.1, 0.15) is 6.42 Å². The molecule has 5 nitrogen and oxygen atoms in total. The van der Waals surface area contributed by atoms with Gasteiger partial charge in [-0.05, 0) is 30.3 Å². The lowest BCUT2D eigenvalue weighted by atomic mass is 10.3. The Balaban J connectivity index is 1.81. The van der Waals surface area contributed by atoms with Crippen molar-refractivity contribution in [1.29, 1.82) is 0 Å². The second kappa shape index (κ2) is 7.56. The molecule has 0 aliphatic carbocycles. The molecule has 0 aliphatic heterocycles. The highest BCUT2D eigenvalue weighted by atomic mass is 32.2. The highest BCUT2D eigenvalue weighted by Gasteiger charge is 2.08. The second-order valence-electron chi connectivity index (χ2n) is 4.41. The zero-order valence-electron chi connectivity index (χ0n) is 11.5. The van der Waals surface area contributed by atoms with E-state index < -0.39 is 4.92 Å². The fourth-order valence-corrected chi connectivity index (χ4v) is 2.56. The fraction of sp³-hybridized carbons (Fsp3) is 0.133. The van der Waals surface area contributed by atoms with Gasteiger partial charge in [0.05, 0.1) is 4.92 Å². The third-order valence-electron chi connectivity index (χ3n) is 2.75. The lowest BCUT2D eigenvalue weighted by Crippen LogP contribution is -2.12. The molecule has 0 saturated heterocycles. The summed E-state index contributed by atoms with van der Waals surface area (Å²) in [5, 5.41) is 13.3. The summed E-state index contributed by atoms with van der Waals surface area (Å²) < 4.78 is 12.7. The monoisotopic (exact) mass is 320 g/mol. The number of thioether (sulfide) groups is 1. The number of rotatable bonds is 6.